The number of piperidine rings is 2. The molecule has 2 rings (SSSR count). The highest BCUT2D eigenvalue weighted by molar-refractivity contribution is 5.73. The Kier molecular flexibility index (Phi) is 10.5. The number of allylic oxidation sites excluding steroid dienone is 3. The zero-order chi connectivity index (χ0) is 12.6. The number of nitrogens with zero attached hydrogens (tertiary/aromatic N) is 2. The van der Waals surface area contributed by atoms with E-state index in [1.165, 1.54) is 70.3 Å². The van der Waals surface area contributed by atoms with Gasteiger partial charge in [0.25, 0.3) is 0 Å². The lowest BCUT2D eigenvalue weighted by Gasteiger charge is -2.24. The number of likely N-dealkylation sites (tertiary alicyclic amines) is 1. The van der Waals surface area contributed by atoms with E-state index in [1.54, 1.807) is 0 Å². The minimum atomic E-state index is 0. The molecule has 2 aliphatic rings. The lowest BCUT2D eigenvalue weighted by atomic mass is 10.1. The molecule has 0 aromatic rings. The molecule has 0 aliphatic carbocycles. The van der Waals surface area contributed by atoms with E-state index in [2.05, 4.69) is 41.0 Å². The first kappa shape index (κ1) is 19.2. The van der Waals surface area contributed by atoms with Gasteiger partial charge in [0.2, 0.25) is 0 Å². The average Bonchev–Trinajstić information content (AvgIpc) is 2.41. The van der Waals surface area contributed by atoms with Crippen LogP contribution in [0.4, 0.5) is 0 Å². The monoisotopic (exact) mass is 300 g/mol. The molecule has 20 heavy (non-hydrogen) atoms. The minimum Gasteiger partial charge on any atom is -1.00 e. The SMILES string of the molecule is C/C(C=[N+]1CCCCC1)=C\C=C\N1CCCCC1.O.[Cl-]. The summed E-state index contributed by atoms with van der Waals surface area (Å²) in [6.45, 7) is 7.15. The maximum Gasteiger partial charge on any atom is 0.166 e. The number of halogens is 1. The zero-order valence-electron chi connectivity index (χ0n) is 12.7. The normalized spacial score (nSPS) is 20.4. The first-order valence-corrected chi connectivity index (χ1v) is 7.53. The van der Waals surface area contributed by atoms with Crippen molar-refractivity contribution in [2.75, 3.05) is 26.2 Å². The van der Waals surface area contributed by atoms with Crippen molar-refractivity contribution in [3.05, 3.63) is 23.9 Å². The second kappa shape index (κ2) is 10.9. The fraction of sp³-hybridized carbons (Fsp3) is 0.688. The zero-order valence-corrected chi connectivity index (χ0v) is 13.4. The average molecular weight is 301 g/mol. The molecule has 2 heterocycles. The van der Waals surface area contributed by atoms with Crippen molar-refractivity contribution in [3.63, 3.8) is 0 Å². The summed E-state index contributed by atoms with van der Waals surface area (Å²) in [5.74, 6) is 0. The van der Waals surface area contributed by atoms with E-state index in [1.807, 2.05) is 0 Å². The molecule has 0 atom stereocenters. The van der Waals surface area contributed by atoms with Crippen LogP contribution in [-0.2, 0) is 0 Å². The number of rotatable bonds is 3. The van der Waals surface area contributed by atoms with Gasteiger partial charge in [-0.05, 0) is 44.9 Å². The van der Waals surface area contributed by atoms with E-state index in [-0.39, 0.29) is 17.9 Å². The van der Waals surface area contributed by atoms with Crippen LogP contribution in [0.25, 0.3) is 0 Å². The van der Waals surface area contributed by atoms with Crippen LogP contribution < -0.4 is 12.4 Å². The molecule has 4 heteroatoms. The standard InChI is InChI=1S/C16H27N2.ClH.H2O/c1-16(15-18-12-6-3-7-13-18)9-8-14-17-10-4-2-5-11-17;;/h8-9,14-15H,2-7,10-13H2,1H3;1H;1H2/q+1;;/p-1. The van der Waals surface area contributed by atoms with Gasteiger partial charge in [-0.3, -0.25) is 0 Å². The van der Waals surface area contributed by atoms with Crippen molar-refractivity contribution in [1.29, 1.82) is 0 Å². The maximum atomic E-state index is 2.46. The van der Waals surface area contributed by atoms with E-state index >= 15 is 0 Å². The number of hydrogen-bond donors (Lipinski definition) is 0. The smallest absolute Gasteiger partial charge is 0.166 e. The van der Waals surface area contributed by atoms with Gasteiger partial charge in [0, 0.05) is 31.5 Å². The second-order valence-corrected chi connectivity index (χ2v) is 5.57. The van der Waals surface area contributed by atoms with Gasteiger partial charge in [-0.15, -0.1) is 0 Å². The molecule has 0 radical (unpaired) electrons. The van der Waals surface area contributed by atoms with Gasteiger partial charge in [0.05, 0.1) is 0 Å². The van der Waals surface area contributed by atoms with Gasteiger partial charge < -0.3 is 22.8 Å². The Morgan fingerprint density at radius 2 is 1.55 bits per heavy atom. The largest absolute Gasteiger partial charge is 1.00 e. The summed E-state index contributed by atoms with van der Waals surface area (Å²) in [7, 11) is 0. The van der Waals surface area contributed by atoms with E-state index in [4.69, 9.17) is 0 Å². The van der Waals surface area contributed by atoms with Gasteiger partial charge in [0.1, 0.15) is 13.1 Å². The quantitative estimate of drug-likeness (QED) is 0.506. The van der Waals surface area contributed by atoms with E-state index in [9.17, 15) is 0 Å². The molecule has 0 saturated carbocycles. The van der Waals surface area contributed by atoms with E-state index < -0.39 is 0 Å². The molecular weight excluding hydrogens is 272 g/mol. The molecule has 2 fully saturated rings. The summed E-state index contributed by atoms with van der Waals surface area (Å²) in [5, 5.41) is 0. The third-order valence-corrected chi connectivity index (χ3v) is 3.82. The first-order chi connectivity index (χ1) is 8.84. The van der Waals surface area contributed by atoms with Crippen LogP contribution in [0.2, 0.25) is 0 Å². The van der Waals surface area contributed by atoms with E-state index in [0.29, 0.717) is 0 Å². The Morgan fingerprint density at radius 3 is 2.20 bits per heavy atom. The predicted octanol–water partition coefficient (Wildman–Crippen LogP) is -0.621. The van der Waals surface area contributed by atoms with Gasteiger partial charge in [-0.1, -0.05) is 6.08 Å². The predicted molar refractivity (Wildman–Crippen MR) is 81.8 cm³/mol. The maximum absolute atomic E-state index is 2.46. The molecule has 0 aromatic heterocycles. The summed E-state index contributed by atoms with van der Waals surface area (Å²) < 4.78 is 2.46. The van der Waals surface area contributed by atoms with Gasteiger partial charge in [0.15, 0.2) is 6.21 Å². The van der Waals surface area contributed by atoms with Crippen LogP contribution in [0, 0.1) is 0 Å². The molecule has 0 bridgehead atoms. The molecule has 0 aromatic carbocycles. The van der Waals surface area contributed by atoms with Crippen molar-refractivity contribution >= 4 is 6.21 Å². The van der Waals surface area contributed by atoms with Crippen molar-refractivity contribution < 1.29 is 22.5 Å². The molecule has 2 N–H and O–H groups in total. The highest BCUT2D eigenvalue weighted by Gasteiger charge is 2.09. The van der Waals surface area contributed by atoms with Crippen LogP contribution in [0.5, 0.6) is 0 Å². The summed E-state index contributed by atoms with van der Waals surface area (Å²) in [4.78, 5) is 2.44. The lowest BCUT2D eigenvalue weighted by Crippen LogP contribution is -3.00. The topological polar surface area (TPSA) is 37.8 Å². The summed E-state index contributed by atoms with van der Waals surface area (Å²) in [5.41, 5.74) is 1.37. The molecular formula is C16H29ClN2O. The minimum absolute atomic E-state index is 0. The van der Waals surface area contributed by atoms with Crippen LogP contribution in [-0.4, -0.2) is 47.3 Å². The summed E-state index contributed by atoms with van der Waals surface area (Å²) in [6.07, 6.45) is 17.3. The van der Waals surface area contributed by atoms with Crippen LogP contribution in [0.1, 0.15) is 45.4 Å². The molecule has 2 saturated heterocycles. The lowest BCUT2D eigenvalue weighted by molar-refractivity contribution is -0.532. The van der Waals surface area contributed by atoms with Gasteiger partial charge in [-0.25, -0.2) is 4.58 Å². The summed E-state index contributed by atoms with van der Waals surface area (Å²) >= 11 is 0. The molecule has 3 nitrogen and oxygen atoms in total. The Hall–Kier alpha value is -0.800. The number of hydrogen-bond acceptors (Lipinski definition) is 1. The van der Waals surface area contributed by atoms with Crippen molar-refractivity contribution in [3.8, 4) is 0 Å². The second-order valence-electron chi connectivity index (χ2n) is 5.57. The van der Waals surface area contributed by atoms with Crippen LogP contribution in [0.3, 0.4) is 0 Å². The highest BCUT2D eigenvalue weighted by atomic mass is 35.5. The van der Waals surface area contributed by atoms with Crippen LogP contribution >= 0.6 is 0 Å². The molecule has 0 amide bonds. The molecule has 116 valence electrons. The first-order valence-electron chi connectivity index (χ1n) is 7.53. The fourth-order valence-corrected chi connectivity index (χ4v) is 2.76. The van der Waals surface area contributed by atoms with E-state index in [0.717, 1.165) is 0 Å². The Bertz CT molecular complexity index is 336. The van der Waals surface area contributed by atoms with Crippen molar-refractivity contribution in [1.82, 2.24) is 4.90 Å². The highest BCUT2D eigenvalue weighted by Crippen LogP contribution is 2.09. The van der Waals surface area contributed by atoms with Crippen LogP contribution in [0.15, 0.2) is 23.9 Å². The van der Waals surface area contributed by atoms with Gasteiger partial charge >= 0.3 is 0 Å². The Labute approximate surface area is 129 Å². The van der Waals surface area contributed by atoms with Gasteiger partial charge in [-0.2, -0.15) is 0 Å². The van der Waals surface area contributed by atoms with Crippen molar-refractivity contribution in [2.24, 2.45) is 0 Å². The summed E-state index contributed by atoms with van der Waals surface area (Å²) in [6, 6.07) is 0. The Morgan fingerprint density at radius 1 is 0.950 bits per heavy atom. The fourth-order valence-electron chi connectivity index (χ4n) is 2.76. The Balaban J connectivity index is 0.00000180. The van der Waals surface area contributed by atoms with Crippen molar-refractivity contribution in [2.45, 2.75) is 45.4 Å². The molecule has 0 spiro atoms. The third kappa shape index (κ3) is 7.11. The molecule has 2 aliphatic heterocycles. The third-order valence-electron chi connectivity index (χ3n) is 3.82. The molecule has 0 unspecified atom stereocenters.